The van der Waals surface area contributed by atoms with Gasteiger partial charge in [-0.3, -0.25) is 0 Å². The molecule has 4 aromatic rings. The van der Waals surface area contributed by atoms with Gasteiger partial charge in [0, 0.05) is 17.6 Å². The Bertz CT molecular complexity index is 1140. The predicted molar refractivity (Wildman–Crippen MR) is 124 cm³/mol. The van der Waals surface area contributed by atoms with Crippen LogP contribution in [0.15, 0.2) is 59.8 Å². The van der Waals surface area contributed by atoms with Gasteiger partial charge in [-0.15, -0.1) is 10.2 Å². The number of aromatic nitrogens is 5. The molecule has 2 heterocycles. The highest BCUT2D eigenvalue weighted by Gasteiger charge is 2.15. The van der Waals surface area contributed by atoms with Gasteiger partial charge in [0.2, 0.25) is 0 Å². The summed E-state index contributed by atoms with van der Waals surface area (Å²) in [6.07, 6.45) is 1.05. The summed E-state index contributed by atoms with van der Waals surface area (Å²) >= 11 is 1.62. The molecule has 160 valence electrons. The fourth-order valence-corrected chi connectivity index (χ4v) is 4.14. The zero-order valence-electron chi connectivity index (χ0n) is 18.2. The number of ether oxygens (including phenoxy) is 1. The first kappa shape index (κ1) is 21.3. The van der Waals surface area contributed by atoms with Crippen LogP contribution in [0.25, 0.3) is 10.9 Å². The lowest BCUT2D eigenvalue weighted by atomic mass is 10.1. The lowest BCUT2D eigenvalue weighted by Gasteiger charge is -2.12. The zero-order valence-corrected chi connectivity index (χ0v) is 19.0. The van der Waals surface area contributed by atoms with Crippen molar-refractivity contribution in [3.63, 3.8) is 0 Å². The number of hydrogen-bond acceptors (Lipinski definition) is 6. The maximum absolute atomic E-state index is 5.92. The van der Waals surface area contributed by atoms with Gasteiger partial charge >= 0.3 is 0 Å². The molecular formula is C24H27N5OS. The molecule has 0 aliphatic heterocycles. The van der Waals surface area contributed by atoms with Crippen molar-refractivity contribution in [3.05, 3.63) is 71.9 Å². The summed E-state index contributed by atoms with van der Waals surface area (Å²) in [6, 6.07) is 17.9. The Kier molecular flexibility index (Phi) is 6.82. The third-order valence-electron chi connectivity index (χ3n) is 5.01. The first-order valence-electron chi connectivity index (χ1n) is 10.5. The Labute approximate surface area is 187 Å². The Morgan fingerprint density at radius 2 is 1.74 bits per heavy atom. The van der Waals surface area contributed by atoms with Gasteiger partial charge in [-0.05, 0) is 37.5 Å². The molecule has 0 aliphatic carbocycles. The molecule has 2 aromatic carbocycles. The number of hydrogen-bond donors (Lipinski definition) is 0. The maximum atomic E-state index is 5.92. The lowest BCUT2D eigenvalue weighted by Crippen LogP contribution is -2.10. The molecule has 6 nitrogen and oxygen atoms in total. The summed E-state index contributed by atoms with van der Waals surface area (Å²) in [4.78, 5) is 9.41. The van der Waals surface area contributed by atoms with Crippen LogP contribution in [0.3, 0.4) is 0 Å². The van der Waals surface area contributed by atoms with Crippen LogP contribution in [-0.2, 0) is 18.9 Å². The molecule has 7 heteroatoms. The number of para-hydroxylation sites is 2. The average molecular weight is 434 g/mol. The van der Waals surface area contributed by atoms with Crippen molar-refractivity contribution >= 4 is 22.7 Å². The average Bonchev–Trinajstić information content (AvgIpc) is 3.17. The highest BCUT2D eigenvalue weighted by molar-refractivity contribution is 7.98. The van der Waals surface area contributed by atoms with E-state index in [2.05, 4.69) is 39.7 Å². The summed E-state index contributed by atoms with van der Waals surface area (Å²) in [7, 11) is 0. The largest absolute Gasteiger partial charge is 0.486 e. The van der Waals surface area contributed by atoms with Gasteiger partial charge in [0.25, 0.3) is 0 Å². The van der Waals surface area contributed by atoms with Gasteiger partial charge in [-0.2, -0.15) is 0 Å². The van der Waals surface area contributed by atoms with Crippen molar-refractivity contribution in [2.45, 2.75) is 51.3 Å². The molecule has 0 amide bonds. The first-order valence-corrected chi connectivity index (χ1v) is 11.5. The third kappa shape index (κ3) is 5.41. The van der Waals surface area contributed by atoms with Crippen LogP contribution in [0.4, 0.5) is 0 Å². The summed E-state index contributed by atoms with van der Waals surface area (Å²) in [5, 5.41) is 10.8. The normalized spacial score (nSPS) is 11.4. The Hall–Kier alpha value is -2.93. The van der Waals surface area contributed by atoms with Gasteiger partial charge in [0.1, 0.15) is 18.2 Å². The number of nitrogens with zero attached hydrogens (tertiary/aromatic N) is 5. The van der Waals surface area contributed by atoms with Crippen LogP contribution < -0.4 is 4.74 Å². The minimum Gasteiger partial charge on any atom is -0.486 e. The summed E-state index contributed by atoms with van der Waals surface area (Å²) < 4.78 is 8.09. The molecule has 0 radical (unpaired) electrons. The Morgan fingerprint density at radius 1 is 0.968 bits per heavy atom. The maximum Gasteiger partial charge on any atom is 0.191 e. The van der Waals surface area contributed by atoms with Crippen LogP contribution in [0, 0.1) is 12.8 Å². The molecule has 0 saturated heterocycles. The molecule has 0 unspecified atom stereocenters. The van der Waals surface area contributed by atoms with Gasteiger partial charge in [0.05, 0.1) is 11.3 Å². The molecular weight excluding hydrogens is 406 g/mol. The van der Waals surface area contributed by atoms with Crippen LogP contribution in [0.2, 0.25) is 0 Å². The van der Waals surface area contributed by atoms with E-state index in [9.17, 15) is 0 Å². The first-order chi connectivity index (χ1) is 15.1. The van der Waals surface area contributed by atoms with Crippen LogP contribution in [-0.4, -0.2) is 24.7 Å². The number of rotatable bonds is 9. The van der Waals surface area contributed by atoms with Crippen molar-refractivity contribution in [3.8, 4) is 5.75 Å². The minimum absolute atomic E-state index is 0.390. The van der Waals surface area contributed by atoms with Gasteiger partial charge in [0.15, 0.2) is 11.0 Å². The van der Waals surface area contributed by atoms with E-state index in [0.717, 1.165) is 52.1 Å². The highest BCUT2D eigenvalue weighted by atomic mass is 32.2. The predicted octanol–water partition coefficient (Wildman–Crippen LogP) is 5.45. The fourth-order valence-electron chi connectivity index (χ4n) is 3.30. The van der Waals surface area contributed by atoms with Gasteiger partial charge in [-0.1, -0.05) is 62.0 Å². The van der Waals surface area contributed by atoms with E-state index in [-0.39, 0.29) is 0 Å². The molecule has 0 saturated carbocycles. The van der Waals surface area contributed by atoms with Crippen molar-refractivity contribution in [2.75, 3.05) is 0 Å². The summed E-state index contributed by atoms with van der Waals surface area (Å²) in [5.41, 5.74) is 1.98. The van der Waals surface area contributed by atoms with E-state index in [1.165, 1.54) is 0 Å². The lowest BCUT2D eigenvalue weighted by molar-refractivity contribution is 0.285. The summed E-state index contributed by atoms with van der Waals surface area (Å²) in [6.45, 7) is 7.73. The molecule has 0 N–H and O–H groups in total. The molecule has 4 rings (SSSR count). The van der Waals surface area contributed by atoms with E-state index in [0.29, 0.717) is 18.3 Å². The van der Waals surface area contributed by atoms with Crippen molar-refractivity contribution in [2.24, 2.45) is 5.92 Å². The van der Waals surface area contributed by atoms with E-state index in [1.54, 1.807) is 11.8 Å². The zero-order chi connectivity index (χ0) is 21.6. The summed E-state index contributed by atoms with van der Waals surface area (Å²) in [5.74, 6) is 3.71. The fraction of sp³-hybridized carbons (Fsp3) is 0.333. The van der Waals surface area contributed by atoms with Crippen LogP contribution >= 0.6 is 11.8 Å². The highest BCUT2D eigenvalue weighted by Crippen LogP contribution is 2.24. The van der Waals surface area contributed by atoms with Gasteiger partial charge < -0.3 is 9.30 Å². The second-order valence-corrected chi connectivity index (χ2v) is 8.81. The smallest absolute Gasteiger partial charge is 0.191 e. The Balaban J connectivity index is 1.51. The van der Waals surface area contributed by atoms with Crippen LogP contribution in [0.1, 0.15) is 37.6 Å². The number of thioether (sulfide) groups is 1. The molecule has 31 heavy (non-hydrogen) atoms. The third-order valence-corrected chi connectivity index (χ3v) is 5.97. The van der Waals surface area contributed by atoms with E-state index < -0.39 is 0 Å². The SMILES string of the molecule is Cc1nc(CSc2nnc(COc3ccccc3)n2CCC(C)C)nc2ccccc12. The molecule has 0 spiro atoms. The molecule has 0 atom stereocenters. The van der Waals surface area contributed by atoms with Gasteiger partial charge in [-0.25, -0.2) is 9.97 Å². The quantitative estimate of drug-likeness (QED) is 0.327. The van der Waals surface area contributed by atoms with E-state index >= 15 is 0 Å². The van der Waals surface area contributed by atoms with Crippen molar-refractivity contribution in [1.82, 2.24) is 24.7 Å². The number of aryl methyl sites for hydroxylation is 1. The topological polar surface area (TPSA) is 65.7 Å². The van der Waals surface area contributed by atoms with E-state index in [1.807, 2.05) is 55.5 Å². The molecule has 2 aromatic heterocycles. The Morgan fingerprint density at radius 3 is 2.55 bits per heavy atom. The second kappa shape index (κ2) is 9.92. The monoisotopic (exact) mass is 433 g/mol. The van der Waals surface area contributed by atoms with Crippen molar-refractivity contribution < 1.29 is 4.74 Å². The number of benzene rings is 2. The minimum atomic E-state index is 0.390. The molecule has 0 aliphatic rings. The number of fused-ring (bicyclic) bond motifs is 1. The molecule has 0 fully saturated rings. The van der Waals surface area contributed by atoms with E-state index in [4.69, 9.17) is 9.72 Å². The standard InChI is InChI=1S/C24H27N5OS/c1-17(2)13-14-29-23(15-30-19-9-5-4-6-10-19)27-28-24(29)31-16-22-25-18(3)20-11-7-8-12-21(20)26-22/h4-12,17H,13-16H2,1-3H3. The van der Waals surface area contributed by atoms with Crippen LogP contribution in [0.5, 0.6) is 5.75 Å². The molecule has 0 bridgehead atoms. The second-order valence-electron chi connectivity index (χ2n) is 7.87. The van der Waals surface area contributed by atoms with Crippen molar-refractivity contribution in [1.29, 1.82) is 0 Å².